The molecule has 3 aromatic carbocycles. The lowest BCUT2D eigenvalue weighted by Gasteiger charge is -2.25. The Balaban J connectivity index is 1.34. The summed E-state index contributed by atoms with van der Waals surface area (Å²) < 4.78 is 16.8. The van der Waals surface area contributed by atoms with Crippen LogP contribution in [0.3, 0.4) is 0 Å². The summed E-state index contributed by atoms with van der Waals surface area (Å²) in [5, 5.41) is 8.57. The van der Waals surface area contributed by atoms with Crippen molar-refractivity contribution in [2.24, 2.45) is 5.10 Å². The summed E-state index contributed by atoms with van der Waals surface area (Å²) in [6, 6.07) is 18.8. The van der Waals surface area contributed by atoms with Gasteiger partial charge in [0.05, 0.1) is 19.4 Å². The number of carbonyl (C=O) groups is 2. The number of amides is 2. The molecule has 1 aliphatic rings. The third-order valence-corrected chi connectivity index (χ3v) is 4.84. The standard InChI is InChI=1S/C24H23N3O5/c1-2-30-19-12-11-16-7-3-4-8-17(16)18(19)13-26-27-23(28)14-25-24(29)22-15-31-20-9-5-6-10-21(20)32-22/h3-13,22H,2,14-15H2,1H3,(H,25,29)(H,27,28)/b26-13+/t22-/m1/s1. The smallest absolute Gasteiger partial charge is 0.265 e. The number of para-hydroxylation sites is 2. The molecule has 0 fully saturated rings. The summed E-state index contributed by atoms with van der Waals surface area (Å²) in [6.07, 6.45) is 0.716. The van der Waals surface area contributed by atoms with Crippen molar-refractivity contribution in [1.29, 1.82) is 0 Å². The van der Waals surface area contributed by atoms with Crippen LogP contribution in [0, 0.1) is 0 Å². The summed E-state index contributed by atoms with van der Waals surface area (Å²) in [5.74, 6) is 0.847. The van der Waals surface area contributed by atoms with Crippen LogP contribution in [0.1, 0.15) is 12.5 Å². The van der Waals surface area contributed by atoms with E-state index in [1.807, 2.05) is 49.4 Å². The number of hydrazone groups is 1. The molecule has 1 aliphatic heterocycles. The number of carbonyl (C=O) groups excluding carboxylic acids is 2. The largest absolute Gasteiger partial charge is 0.493 e. The Morgan fingerprint density at radius 2 is 1.88 bits per heavy atom. The fourth-order valence-electron chi connectivity index (χ4n) is 3.33. The van der Waals surface area contributed by atoms with E-state index in [0.29, 0.717) is 23.9 Å². The van der Waals surface area contributed by atoms with Crippen molar-refractivity contribution in [2.75, 3.05) is 19.8 Å². The zero-order valence-corrected chi connectivity index (χ0v) is 17.5. The molecule has 8 nitrogen and oxygen atoms in total. The molecular weight excluding hydrogens is 410 g/mol. The number of fused-ring (bicyclic) bond motifs is 2. The van der Waals surface area contributed by atoms with Crippen LogP contribution in [0.2, 0.25) is 0 Å². The number of hydrogen-bond acceptors (Lipinski definition) is 6. The predicted octanol–water partition coefficient (Wildman–Crippen LogP) is 2.64. The van der Waals surface area contributed by atoms with Gasteiger partial charge in [-0.2, -0.15) is 5.10 Å². The fourth-order valence-corrected chi connectivity index (χ4v) is 3.33. The van der Waals surface area contributed by atoms with E-state index < -0.39 is 17.9 Å². The molecule has 2 amide bonds. The zero-order valence-electron chi connectivity index (χ0n) is 17.5. The van der Waals surface area contributed by atoms with E-state index in [1.54, 1.807) is 24.4 Å². The summed E-state index contributed by atoms with van der Waals surface area (Å²) in [4.78, 5) is 24.5. The molecule has 0 aliphatic carbocycles. The van der Waals surface area contributed by atoms with E-state index in [0.717, 1.165) is 16.3 Å². The van der Waals surface area contributed by atoms with Gasteiger partial charge in [-0.25, -0.2) is 5.43 Å². The zero-order chi connectivity index (χ0) is 22.3. The van der Waals surface area contributed by atoms with E-state index in [1.165, 1.54) is 0 Å². The highest BCUT2D eigenvalue weighted by atomic mass is 16.6. The van der Waals surface area contributed by atoms with Crippen molar-refractivity contribution in [1.82, 2.24) is 10.7 Å². The Morgan fingerprint density at radius 1 is 1.09 bits per heavy atom. The van der Waals surface area contributed by atoms with Crippen LogP contribution < -0.4 is 25.0 Å². The lowest BCUT2D eigenvalue weighted by Crippen LogP contribution is -2.46. The highest BCUT2D eigenvalue weighted by Gasteiger charge is 2.27. The number of ether oxygens (including phenoxy) is 3. The van der Waals surface area contributed by atoms with Crippen LogP contribution in [0.4, 0.5) is 0 Å². The SMILES string of the molecule is CCOc1ccc2ccccc2c1/C=N/NC(=O)CNC(=O)[C@H]1COc2ccccc2O1. The molecule has 1 heterocycles. The minimum Gasteiger partial charge on any atom is -0.493 e. The number of hydrogen-bond donors (Lipinski definition) is 2. The maximum atomic E-state index is 12.3. The summed E-state index contributed by atoms with van der Waals surface area (Å²) in [7, 11) is 0. The molecule has 0 saturated carbocycles. The number of benzene rings is 3. The topological polar surface area (TPSA) is 98.2 Å². The second-order valence-electron chi connectivity index (χ2n) is 7.01. The number of nitrogens with zero attached hydrogens (tertiary/aromatic N) is 1. The van der Waals surface area contributed by atoms with Gasteiger partial charge in [0.2, 0.25) is 6.10 Å². The summed E-state index contributed by atoms with van der Waals surface area (Å²) in [5.41, 5.74) is 3.19. The average molecular weight is 433 g/mol. The van der Waals surface area contributed by atoms with Gasteiger partial charge in [-0.05, 0) is 35.9 Å². The number of nitrogens with one attached hydrogen (secondary N) is 2. The van der Waals surface area contributed by atoms with Gasteiger partial charge in [0.15, 0.2) is 11.5 Å². The Kier molecular flexibility index (Phi) is 6.50. The predicted molar refractivity (Wildman–Crippen MR) is 120 cm³/mol. The van der Waals surface area contributed by atoms with Gasteiger partial charge in [0, 0.05) is 5.56 Å². The van der Waals surface area contributed by atoms with Crippen LogP contribution >= 0.6 is 0 Å². The quantitative estimate of drug-likeness (QED) is 0.441. The highest BCUT2D eigenvalue weighted by Crippen LogP contribution is 2.31. The van der Waals surface area contributed by atoms with Crippen molar-refractivity contribution in [3.8, 4) is 17.2 Å². The second kappa shape index (κ2) is 9.82. The first kappa shape index (κ1) is 21.2. The van der Waals surface area contributed by atoms with Crippen LogP contribution in [0.5, 0.6) is 17.2 Å². The van der Waals surface area contributed by atoms with Gasteiger partial charge >= 0.3 is 0 Å². The average Bonchev–Trinajstić information content (AvgIpc) is 2.83. The molecule has 0 saturated heterocycles. The van der Waals surface area contributed by atoms with Crippen molar-refractivity contribution in [2.45, 2.75) is 13.0 Å². The molecule has 4 rings (SSSR count). The molecule has 0 radical (unpaired) electrons. The van der Waals surface area contributed by atoms with E-state index in [9.17, 15) is 9.59 Å². The van der Waals surface area contributed by atoms with Gasteiger partial charge in [0.25, 0.3) is 11.8 Å². The van der Waals surface area contributed by atoms with Crippen LogP contribution in [-0.4, -0.2) is 43.9 Å². The maximum absolute atomic E-state index is 12.3. The molecule has 0 unspecified atom stereocenters. The second-order valence-corrected chi connectivity index (χ2v) is 7.01. The number of rotatable bonds is 7. The lowest BCUT2D eigenvalue weighted by molar-refractivity contribution is -0.132. The first-order chi connectivity index (χ1) is 15.7. The lowest BCUT2D eigenvalue weighted by atomic mass is 10.0. The molecular formula is C24H23N3O5. The fraction of sp³-hybridized carbons (Fsp3) is 0.208. The van der Waals surface area contributed by atoms with Gasteiger partial charge in [0.1, 0.15) is 12.4 Å². The summed E-state index contributed by atoms with van der Waals surface area (Å²) in [6.45, 7) is 2.24. The highest BCUT2D eigenvalue weighted by molar-refractivity contribution is 6.02. The van der Waals surface area contributed by atoms with Crippen molar-refractivity contribution < 1.29 is 23.8 Å². The van der Waals surface area contributed by atoms with Crippen molar-refractivity contribution in [3.05, 3.63) is 66.2 Å². The van der Waals surface area contributed by atoms with E-state index >= 15 is 0 Å². The summed E-state index contributed by atoms with van der Waals surface area (Å²) >= 11 is 0. The van der Waals surface area contributed by atoms with E-state index in [-0.39, 0.29) is 13.2 Å². The van der Waals surface area contributed by atoms with Gasteiger partial charge in [-0.15, -0.1) is 0 Å². The van der Waals surface area contributed by atoms with Crippen molar-refractivity contribution in [3.63, 3.8) is 0 Å². The molecule has 0 aromatic heterocycles. The van der Waals surface area contributed by atoms with E-state index in [4.69, 9.17) is 14.2 Å². The molecule has 32 heavy (non-hydrogen) atoms. The molecule has 164 valence electrons. The van der Waals surface area contributed by atoms with Gasteiger partial charge in [-0.1, -0.05) is 42.5 Å². The Bertz CT molecular complexity index is 1160. The molecule has 8 heteroatoms. The van der Waals surface area contributed by atoms with E-state index in [2.05, 4.69) is 15.8 Å². The third-order valence-electron chi connectivity index (χ3n) is 4.84. The molecule has 0 bridgehead atoms. The third kappa shape index (κ3) is 4.80. The maximum Gasteiger partial charge on any atom is 0.265 e. The van der Waals surface area contributed by atoms with Crippen molar-refractivity contribution >= 4 is 28.8 Å². The Labute approximate surface area is 185 Å². The van der Waals surface area contributed by atoms with Crippen LogP contribution in [0.25, 0.3) is 10.8 Å². The van der Waals surface area contributed by atoms with Crippen LogP contribution in [-0.2, 0) is 9.59 Å². The minimum atomic E-state index is -0.828. The minimum absolute atomic E-state index is 0.0733. The first-order valence-electron chi connectivity index (χ1n) is 10.3. The first-order valence-corrected chi connectivity index (χ1v) is 10.3. The monoisotopic (exact) mass is 433 g/mol. The van der Waals surface area contributed by atoms with Gasteiger partial charge < -0.3 is 19.5 Å². The normalized spacial score (nSPS) is 14.8. The molecule has 2 N–H and O–H groups in total. The Hall–Kier alpha value is -4.07. The Morgan fingerprint density at radius 3 is 2.72 bits per heavy atom. The molecule has 1 atom stereocenters. The van der Waals surface area contributed by atoms with Crippen LogP contribution in [0.15, 0.2) is 65.8 Å². The van der Waals surface area contributed by atoms with Gasteiger partial charge in [-0.3, -0.25) is 9.59 Å². The molecule has 0 spiro atoms. The molecule has 3 aromatic rings.